The van der Waals surface area contributed by atoms with Crippen LogP contribution < -0.4 is 15.3 Å². The highest BCUT2D eigenvalue weighted by atomic mass is 31.3. The van der Waals surface area contributed by atoms with Crippen molar-refractivity contribution in [2.75, 3.05) is 0 Å². The minimum absolute atomic E-state index is 0.339. The second-order valence-corrected chi connectivity index (χ2v) is 23.6. The fourth-order valence-corrected chi connectivity index (χ4v) is 22.1. The lowest BCUT2D eigenvalue weighted by Crippen LogP contribution is -2.39. The van der Waals surface area contributed by atoms with Gasteiger partial charge in [0, 0.05) is 18.1 Å². The highest BCUT2D eigenvalue weighted by Gasteiger charge is 2.41. The topological polar surface area (TPSA) is 121 Å². The minimum atomic E-state index is -2.72. The molecule has 12 heteroatoms. The molecule has 1 aliphatic heterocycles. The van der Waals surface area contributed by atoms with Crippen LogP contribution in [0.25, 0.3) is 29.8 Å². The molecule has 0 atom stereocenters. The van der Waals surface area contributed by atoms with Crippen LogP contribution in [0.4, 0.5) is 0 Å². The van der Waals surface area contributed by atoms with Gasteiger partial charge < -0.3 is 29.8 Å². The molecule has 0 amide bonds. The molecule has 3 N–H and O–H groups in total. The molecule has 7 aliphatic rings. The molecule has 276 valence electrons. The third-order valence-corrected chi connectivity index (χ3v) is 22.4. The second-order valence-electron chi connectivity index (χ2n) is 16.6. The Morgan fingerprint density at radius 1 is 0.292 bits per heavy atom. The van der Waals surface area contributed by atoms with Gasteiger partial charge in [0.05, 0.1) is 0 Å². The van der Waals surface area contributed by atoms with Gasteiger partial charge >= 0.3 is 0 Å². The summed E-state index contributed by atoms with van der Waals surface area (Å²) in [5, 5.41) is 30.7. The SMILES string of the molecule is C1CCC([N-][P+]2(NC3CCCCC3)[N-][P+]([N-]C3CCCCC3)(NC3CCCCC3)[N-][P+]([N-]C3CCCCC3)(NC3CCCCC3)[N-]2)CC1. The van der Waals surface area contributed by atoms with Gasteiger partial charge in [-0.3, -0.25) is 0 Å². The van der Waals surface area contributed by atoms with E-state index >= 15 is 0 Å². The van der Waals surface area contributed by atoms with E-state index in [1.165, 1.54) is 193 Å². The first kappa shape index (κ1) is 37.3. The van der Waals surface area contributed by atoms with Crippen LogP contribution in [-0.4, -0.2) is 36.3 Å². The van der Waals surface area contributed by atoms with E-state index < -0.39 is 23.6 Å². The molecule has 1 heterocycles. The Kier molecular flexibility index (Phi) is 14.2. The quantitative estimate of drug-likeness (QED) is 0.174. The summed E-state index contributed by atoms with van der Waals surface area (Å²) in [5.74, 6) is 0. The fourth-order valence-electron chi connectivity index (χ4n) is 9.67. The average molecular weight is 721 g/mol. The molecular weight excluding hydrogens is 651 g/mol. The summed E-state index contributed by atoms with van der Waals surface area (Å²) in [6, 6.07) is 2.32. The zero-order valence-corrected chi connectivity index (χ0v) is 32.9. The Hall–Kier alpha value is 0.930. The van der Waals surface area contributed by atoms with Gasteiger partial charge in [0.15, 0.2) is 0 Å². The van der Waals surface area contributed by atoms with E-state index in [2.05, 4.69) is 15.3 Å². The molecule has 0 bridgehead atoms. The zero-order chi connectivity index (χ0) is 32.5. The van der Waals surface area contributed by atoms with Crippen LogP contribution in [-0.2, 0) is 0 Å². The molecule has 0 spiro atoms. The Balaban J connectivity index is 1.30. The third-order valence-electron chi connectivity index (χ3n) is 12.3. The summed E-state index contributed by atoms with van der Waals surface area (Å²) < 4.78 is 0. The largest absolute Gasteiger partial charge is 0.493 e. The summed E-state index contributed by atoms with van der Waals surface area (Å²) in [6.45, 7) is 0. The highest BCUT2D eigenvalue weighted by molar-refractivity contribution is 8.15. The smallest absolute Gasteiger partial charge is 0.0379 e. The second kappa shape index (κ2) is 18.3. The van der Waals surface area contributed by atoms with E-state index in [1.807, 2.05) is 0 Å². The van der Waals surface area contributed by atoms with Gasteiger partial charge in [-0.2, -0.15) is 0 Å². The molecule has 6 aliphatic carbocycles. The van der Waals surface area contributed by atoms with Crippen LogP contribution in [0.1, 0.15) is 193 Å². The number of nitrogens with one attached hydrogen (secondary N) is 3. The van der Waals surface area contributed by atoms with Crippen molar-refractivity contribution in [2.45, 2.75) is 229 Å². The van der Waals surface area contributed by atoms with Crippen LogP contribution in [0, 0.1) is 0 Å². The summed E-state index contributed by atoms with van der Waals surface area (Å²) in [7, 11) is -8.17. The Bertz CT molecular complexity index is 750. The lowest BCUT2D eigenvalue weighted by atomic mass is 9.96. The van der Waals surface area contributed by atoms with Crippen LogP contribution in [0.5, 0.6) is 0 Å². The van der Waals surface area contributed by atoms with E-state index in [-0.39, 0.29) is 0 Å². The summed E-state index contributed by atoms with van der Waals surface area (Å²) >= 11 is 0. The molecule has 0 radical (unpaired) electrons. The fraction of sp³-hybridized carbons (Fsp3) is 1.00. The minimum Gasteiger partial charge on any atom is -0.493 e. The molecule has 0 aromatic rings. The Morgan fingerprint density at radius 3 is 0.729 bits per heavy atom. The summed E-state index contributed by atoms with van der Waals surface area (Å²) in [6.07, 6.45) is 37.9. The van der Waals surface area contributed by atoms with Gasteiger partial charge in [0.2, 0.25) is 0 Å². The van der Waals surface area contributed by atoms with E-state index in [0.29, 0.717) is 36.3 Å². The van der Waals surface area contributed by atoms with Crippen LogP contribution in [0.3, 0.4) is 0 Å². The molecule has 9 nitrogen and oxygen atoms in total. The Labute approximate surface area is 296 Å². The summed E-state index contributed by atoms with van der Waals surface area (Å²) in [5.41, 5.74) is 0. The van der Waals surface area contributed by atoms with Gasteiger partial charge in [0.25, 0.3) is 0 Å². The first-order valence-electron chi connectivity index (χ1n) is 21.0. The third kappa shape index (κ3) is 10.5. The number of rotatable bonds is 12. The van der Waals surface area contributed by atoms with Gasteiger partial charge in [-0.1, -0.05) is 154 Å². The predicted molar refractivity (Wildman–Crippen MR) is 212 cm³/mol. The highest BCUT2D eigenvalue weighted by Crippen LogP contribution is 3.05. The van der Waals surface area contributed by atoms with Gasteiger partial charge in [-0.25, -0.2) is 15.3 Å². The molecule has 1 saturated heterocycles. The molecule has 7 rings (SSSR count). The normalized spacial score (nSPS) is 36.8. The molecule has 48 heavy (non-hydrogen) atoms. The van der Waals surface area contributed by atoms with E-state index in [0.717, 1.165) is 0 Å². The number of hydrogen-bond acceptors (Lipinski definition) is 3. The lowest BCUT2D eigenvalue weighted by molar-refractivity contribution is 0.417. The van der Waals surface area contributed by atoms with Gasteiger partial charge in [0.1, 0.15) is 0 Å². The van der Waals surface area contributed by atoms with Crippen molar-refractivity contribution in [1.29, 1.82) is 0 Å². The van der Waals surface area contributed by atoms with Gasteiger partial charge in [-0.15, -0.1) is 41.7 Å². The molecule has 0 aromatic carbocycles. The average Bonchev–Trinajstić information content (AvgIpc) is 3.10. The molecule has 0 aromatic heterocycles. The van der Waals surface area contributed by atoms with E-state index in [1.54, 1.807) is 0 Å². The van der Waals surface area contributed by atoms with Crippen LogP contribution in [0.2, 0.25) is 0 Å². The molecular formula is C36H69N9P3-3. The monoisotopic (exact) mass is 720 g/mol. The molecule has 7 fully saturated rings. The van der Waals surface area contributed by atoms with Crippen molar-refractivity contribution in [3.63, 3.8) is 0 Å². The first-order chi connectivity index (χ1) is 23.6. The number of nitrogens with zero attached hydrogens (tertiary/aromatic N) is 6. The summed E-state index contributed by atoms with van der Waals surface area (Å²) in [4.78, 5) is 18.2. The number of hydrogen-bond donors (Lipinski definition) is 3. The molecule has 0 unspecified atom stereocenters. The standard InChI is InChI=1S/C36H69N9P3/c1-7-19-31(20-8-1)37-46(38-32-21-9-2-10-22-32)43-47(39-33-23-11-3-12-24-33,40-34-25-13-4-14-26-34)45-48(44-46,41-35-27-15-5-16-28-35)42-36-29-17-6-18-30-36/h31-37,39,41H,1-30H2/q-3. The zero-order valence-electron chi connectivity index (χ0n) is 30.2. The van der Waals surface area contributed by atoms with Crippen molar-refractivity contribution in [3.05, 3.63) is 29.8 Å². The maximum absolute atomic E-state index is 6.06. The van der Waals surface area contributed by atoms with Crippen molar-refractivity contribution in [3.8, 4) is 0 Å². The maximum atomic E-state index is 6.06. The lowest BCUT2D eigenvalue weighted by Gasteiger charge is -2.79. The molecule has 6 saturated carbocycles. The van der Waals surface area contributed by atoms with Gasteiger partial charge in [-0.05, 0) is 38.5 Å². The van der Waals surface area contributed by atoms with E-state index in [4.69, 9.17) is 29.8 Å². The maximum Gasteiger partial charge on any atom is 0.0379 e. The van der Waals surface area contributed by atoms with Crippen molar-refractivity contribution >= 4 is 23.6 Å². The van der Waals surface area contributed by atoms with E-state index in [9.17, 15) is 0 Å². The predicted octanol–water partition coefficient (Wildman–Crippen LogP) is 14.0. The van der Waals surface area contributed by atoms with Crippen LogP contribution in [0.15, 0.2) is 0 Å². The van der Waals surface area contributed by atoms with Crippen molar-refractivity contribution in [2.24, 2.45) is 0 Å². The van der Waals surface area contributed by atoms with Crippen molar-refractivity contribution in [1.82, 2.24) is 15.3 Å². The Morgan fingerprint density at radius 2 is 0.500 bits per heavy atom. The van der Waals surface area contributed by atoms with Crippen LogP contribution >= 0.6 is 23.6 Å². The van der Waals surface area contributed by atoms with Crippen molar-refractivity contribution < 1.29 is 0 Å². The first-order valence-corrected chi connectivity index (χ1v) is 26.0.